The van der Waals surface area contributed by atoms with Crippen LogP contribution in [0.1, 0.15) is 23.6 Å². The van der Waals surface area contributed by atoms with Crippen molar-refractivity contribution in [3.8, 4) is 0 Å². The van der Waals surface area contributed by atoms with Crippen LogP contribution in [-0.2, 0) is 9.84 Å². The number of hydrogen-bond donors (Lipinski definition) is 0. The van der Waals surface area contributed by atoms with E-state index in [0.29, 0.717) is 0 Å². The fourth-order valence-corrected chi connectivity index (χ4v) is 4.61. The lowest BCUT2D eigenvalue weighted by Crippen LogP contribution is -2.34. The molecule has 1 rings (SSSR count). The van der Waals surface area contributed by atoms with Crippen molar-refractivity contribution < 1.29 is 8.42 Å². The maximum absolute atomic E-state index is 11.6. The lowest BCUT2D eigenvalue weighted by atomic mass is 10.1. The van der Waals surface area contributed by atoms with Crippen LogP contribution in [0.25, 0.3) is 0 Å². The van der Waals surface area contributed by atoms with E-state index in [4.69, 9.17) is 0 Å². The van der Waals surface area contributed by atoms with Crippen LogP contribution < -0.4 is 0 Å². The average molecular weight is 376 g/mol. The second kappa shape index (κ2) is 4.47. The molecule has 2 nitrogen and oxygen atoms in total. The third-order valence-electron chi connectivity index (χ3n) is 2.41. The first kappa shape index (κ1) is 13.7. The lowest BCUT2D eigenvalue weighted by Gasteiger charge is -2.27. The summed E-state index contributed by atoms with van der Waals surface area (Å²) in [5.41, 5.74) is 0. The zero-order valence-corrected chi connectivity index (χ0v) is 13.4. The molecule has 1 aromatic heterocycles. The number of halogens is 2. The summed E-state index contributed by atoms with van der Waals surface area (Å²) in [5, 5.41) is 0. The van der Waals surface area contributed by atoms with Crippen molar-refractivity contribution in [2.45, 2.75) is 23.4 Å². The second-order valence-electron chi connectivity index (χ2n) is 3.88. The molecule has 0 radical (unpaired) electrons. The molecule has 1 heterocycles. The van der Waals surface area contributed by atoms with E-state index in [1.807, 2.05) is 12.1 Å². The van der Waals surface area contributed by atoms with E-state index in [0.717, 1.165) is 8.66 Å². The van der Waals surface area contributed by atoms with E-state index in [1.165, 1.54) is 6.26 Å². The van der Waals surface area contributed by atoms with Gasteiger partial charge < -0.3 is 0 Å². The summed E-state index contributed by atoms with van der Waals surface area (Å²) >= 11 is 8.38. The van der Waals surface area contributed by atoms with Gasteiger partial charge in [0.1, 0.15) is 0 Å². The highest BCUT2D eigenvalue weighted by molar-refractivity contribution is 9.11. The molecule has 15 heavy (non-hydrogen) atoms. The Balaban J connectivity index is 3.10. The van der Waals surface area contributed by atoms with Crippen LogP contribution in [0.4, 0.5) is 0 Å². The predicted octanol–water partition coefficient (Wildman–Crippen LogP) is 3.77. The normalized spacial score (nSPS) is 15.3. The average Bonchev–Trinajstić information content (AvgIpc) is 2.48. The zero-order chi connectivity index (χ0) is 11.9. The Morgan fingerprint density at radius 2 is 1.93 bits per heavy atom. The van der Waals surface area contributed by atoms with Gasteiger partial charge in [0.25, 0.3) is 0 Å². The van der Waals surface area contributed by atoms with Gasteiger partial charge in [-0.15, -0.1) is 11.3 Å². The number of thiophene rings is 1. The van der Waals surface area contributed by atoms with Crippen LogP contribution in [0.15, 0.2) is 15.9 Å². The summed E-state index contributed by atoms with van der Waals surface area (Å²) in [6.45, 7) is 3.46. The Kier molecular flexibility index (Phi) is 4.07. The molecule has 0 N–H and O–H groups in total. The summed E-state index contributed by atoms with van der Waals surface area (Å²) in [6, 6.07) is 3.85. The standard InChI is InChI=1S/C9H12Br2O2S2/c1-9(2,15(3,12)13)8(11)6-4-5-7(10)14-6/h4-5,8H,1-3H3. The molecule has 0 aliphatic rings. The molecule has 0 aliphatic heterocycles. The molecule has 0 saturated carbocycles. The van der Waals surface area contributed by atoms with Crippen LogP contribution in [0.3, 0.4) is 0 Å². The fourth-order valence-electron chi connectivity index (χ4n) is 0.995. The van der Waals surface area contributed by atoms with E-state index in [1.54, 1.807) is 25.2 Å². The minimum atomic E-state index is -3.10. The molecule has 86 valence electrons. The van der Waals surface area contributed by atoms with E-state index >= 15 is 0 Å². The van der Waals surface area contributed by atoms with Crippen molar-refractivity contribution in [1.29, 1.82) is 0 Å². The molecule has 0 spiro atoms. The first-order valence-corrected chi connectivity index (χ1v) is 8.67. The van der Waals surface area contributed by atoms with Crippen LogP contribution >= 0.6 is 43.2 Å². The minimum absolute atomic E-state index is 0.184. The van der Waals surface area contributed by atoms with Crippen LogP contribution in [-0.4, -0.2) is 19.4 Å². The zero-order valence-electron chi connectivity index (χ0n) is 8.62. The summed E-state index contributed by atoms with van der Waals surface area (Å²) < 4.78 is 23.5. The molecule has 6 heteroatoms. The predicted molar refractivity (Wildman–Crippen MR) is 72.6 cm³/mol. The summed E-state index contributed by atoms with van der Waals surface area (Å²) in [4.78, 5) is 0.827. The third-order valence-corrected chi connectivity index (χ3v) is 8.49. The maximum Gasteiger partial charge on any atom is 0.154 e. The molecule has 0 aliphatic carbocycles. The first-order valence-electron chi connectivity index (χ1n) is 4.25. The third kappa shape index (κ3) is 2.84. The Morgan fingerprint density at radius 1 is 1.40 bits per heavy atom. The van der Waals surface area contributed by atoms with Crippen molar-refractivity contribution in [2.24, 2.45) is 0 Å². The topological polar surface area (TPSA) is 34.1 Å². The Morgan fingerprint density at radius 3 is 2.27 bits per heavy atom. The van der Waals surface area contributed by atoms with Crippen LogP contribution in [0, 0.1) is 0 Å². The van der Waals surface area contributed by atoms with Gasteiger partial charge in [-0.05, 0) is 41.9 Å². The lowest BCUT2D eigenvalue weighted by molar-refractivity contribution is 0.550. The largest absolute Gasteiger partial charge is 0.229 e. The van der Waals surface area contributed by atoms with Crippen molar-refractivity contribution in [3.63, 3.8) is 0 Å². The molecular formula is C9H12Br2O2S2. The Bertz CT molecular complexity index is 448. The monoisotopic (exact) mass is 374 g/mol. The number of alkyl halides is 1. The van der Waals surface area contributed by atoms with Crippen molar-refractivity contribution in [3.05, 3.63) is 20.8 Å². The van der Waals surface area contributed by atoms with E-state index in [9.17, 15) is 8.42 Å². The maximum atomic E-state index is 11.6. The Hall–Kier alpha value is 0.610. The smallest absolute Gasteiger partial charge is 0.154 e. The van der Waals surface area contributed by atoms with Crippen LogP contribution in [0.5, 0.6) is 0 Å². The first-order chi connectivity index (χ1) is 6.66. The number of sulfone groups is 1. The van der Waals surface area contributed by atoms with Crippen molar-refractivity contribution in [2.75, 3.05) is 6.26 Å². The Labute approximate surface area is 111 Å². The van der Waals surface area contributed by atoms with Gasteiger partial charge in [0.15, 0.2) is 9.84 Å². The quantitative estimate of drug-likeness (QED) is 0.753. The van der Waals surface area contributed by atoms with Gasteiger partial charge in [0.05, 0.1) is 13.4 Å². The second-order valence-corrected chi connectivity index (χ2v) is 9.89. The highest BCUT2D eigenvalue weighted by Gasteiger charge is 2.39. The van der Waals surface area contributed by atoms with Crippen molar-refractivity contribution >= 4 is 53.0 Å². The number of hydrogen-bond acceptors (Lipinski definition) is 3. The van der Waals surface area contributed by atoms with Gasteiger partial charge in [0.2, 0.25) is 0 Å². The van der Waals surface area contributed by atoms with E-state index < -0.39 is 14.6 Å². The number of rotatable bonds is 3. The molecule has 0 saturated heterocycles. The van der Waals surface area contributed by atoms with Gasteiger partial charge in [0, 0.05) is 11.1 Å². The summed E-state index contributed by atoms with van der Waals surface area (Å²) in [5.74, 6) is 0. The molecule has 1 unspecified atom stereocenters. The van der Waals surface area contributed by atoms with Gasteiger partial charge in [-0.2, -0.15) is 0 Å². The molecule has 0 fully saturated rings. The van der Waals surface area contributed by atoms with Gasteiger partial charge >= 0.3 is 0 Å². The summed E-state index contributed by atoms with van der Waals surface area (Å²) in [7, 11) is -3.10. The highest BCUT2D eigenvalue weighted by atomic mass is 79.9. The fraction of sp³-hybridized carbons (Fsp3) is 0.556. The van der Waals surface area contributed by atoms with Crippen LogP contribution in [0.2, 0.25) is 0 Å². The van der Waals surface area contributed by atoms with Gasteiger partial charge in [-0.25, -0.2) is 8.42 Å². The van der Waals surface area contributed by atoms with Gasteiger partial charge in [-0.3, -0.25) is 0 Å². The van der Waals surface area contributed by atoms with E-state index in [-0.39, 0.29) is 4.83 Å². The minimum Gasteiger partial charge on any atom is -0.229 e. The molecule has 1 atom stereocenters. The molecule has 0 bridgehead atoms. The molecule has 1 aromatic rings. The molecular weight excluding hydrogens is 364 g/mol. The van der Waals surface area contributed by atoms with Crippen molar-refractivity contribution in [1.82, 2.24) is 0 Å². The van der Waals surface area contributed by atoms with Gasteiger partial charge in [-0.1, -0.05) is 15.9 Å². The SMILES string of the molecule is CC(C)(C(Br)c1ccc(Br)s1)S(C)(=O)=O. The summed E-state index contributed by atoms with van der Waals surface area (Å²) in [6.07, 6.45) is 1.27. The molecule has 0 aromatic carbocycles. The highest BCUT2D eigenvalue weighted by Crippen LogP contribution is 2.42. The van der Waals surface area contributed by atoms with E-state index in [2.05, 4.69) is 31.9 Å². The molecule has 0 amide bonds.